The second kappa shape index (κ2) is 3.81. The minimum absolute atomic E-state index is 0.0897. The summed E-state index contributed by atoms with van der Waals surface area (Å²) in [6, 6.07) is 3.72. The number of rotatable bonds is 1. The van der Waals surface area contributed by atoms with E-state index in [1.165, 1.54) is 30.1 Å². The van der Waals surface area contributed by atoms with E-state index in [1.54, 1.807) is 7.05 Å². The molecule has 0 aromatic heterocycles. The summed E-state index contributed by atoms with van der Waals surface area (Å²) in [5.74, 6) is 0. The molecule has 1 aromatic carbocycles. The van der Waals surface area contributed by atoms with E-state index in [9.17, 15) is 14.9 Å². The number of carbonyl (C=O) groups excluding carboxylic acids is 1. The lowest BCUT2D eigenvalue weighted by atomic mass is 10.2. The predicted octanol–water partition coefficient (Wildman–Crippen LogP) is 2.10. The molecule has 2 rings (SSSR count). The standard InChI is InChI=1S/C9H9N5O3/c1-12-8-4-3-6(14(16)17)5-7(8)10-11-13(2)9(12)15/h3-5H,1-2H3. The number of anilines is 1. The molecule has 8 nitrogen and oxygen atoms in total. The molecule has 0 N–H and O–H groups in total. The van der Waals surface area contributed by atoms with E-state index in [0.29, 0.717) is 11.4 Å². The van der Waals surface area contributed by atoms with Gasteiger partial charge in [-0.3, -0.25) is 15.0 Å². The number of nitro groups is 1. The number of hydrogen-bond acceptors (Lipinski definition) is 5. The lowest BCUT2D eigenvalue weighted by molar-refractivity contribution is -0.384. The van der Waals surface area contributed by atoms with Crippen LogP contribution in [0, 0.1) is 10.1 Å². The van der Waals surface area contributed by atoms with Crippen molar-refractivity contribution < 1.29 is 9.72 Å². The van der Waals surface area contributed by atoms with Crippen molar-refractivity contribution in [3.05, 3.63) is 28.3 Å². The Morgan fingerprint density at radius 1 is 1.35 bits per heavy atom. The second-order valence-electron chi connectivity index (χ2n) is 3.48. The van der Waals surface area contributed by atoms with Crippen molar-refractivity contribution in [3.8, 4) is 0 Å². The highest BCUT2D eigenvalue weighted by Crippen LogP contribution is 2.34. The topological polar surface area (TPSA) is 91.4 Å². The largest absolute Gasteiger partial charge is 0.345 e. The first-order valence-corrected chi connectivity index (χ1v) is 4.72. The van der Waals surface area contributed by atoms with Gasteiger partial charge in [-0.15, -0.1) is 5.11 Å². The van der Waals surface area contributed by atoms with Gasteiger partial charge in [0, 0.05) is 26.2 Å². The molecule has 17 heavy (non-hydrogen) atoms. The summed E-state index contributed by atoms with van der Waals surface area (Å²) in [6.07, 6.45) is 0. The van der Waals surface area contributed by atoms with E-state index < -0.39 is 4.92 Å². The van der Waals surface area contributed by atoms with Gasteiger partial charge in [0.15, 0.2) is 0 Å². The number of non-ortho nitro benzene ring substituents is 1. The first-order chi connectivity index (χ1) is 8.00. The van der Waals surface area contributed by atoms with Crippen molar-refractivity contribution in [2.45, 2.75) is 0 Å². The number of benzene rings is 1. The molecule has 8 heteroatoms. The highest BCUT2D eigenvalue weighted by atomic mass is 16.6. The molecule has 0 fully saturated rings. The van der Waals surface area contributed by atoms with Crippen LogP contribution < -0.4 is 4.90 Å². The zero-order chi connectivity index (χ0) is 12.6. The molecule has 0 bridgehead atoms. The van der Waals surface area contributed by atoms with Crippen molar-refractivity contribution in [2.24, 2.45) is 10.3 Å². The highest BCUT2D eigenvalue weighted by molar-refractivity contribution is 5.95. The number of nitro benzene ring substituents is 1. The van der Waals surface area contributed by atoms with E-state index in [1.807, 2.05) is 0 Å². The third-order valence-corrected chi connectivity index (χ3v) is 2.38. The lowest BCUT2D eigenvalue weighted by Crippen LogP contribution is -2.34. The number of urea groups is 1. The van der Waals surface area contributed by atoms with Crippen LogP contribution in [0.1, 0.15) is 0 Å². The van der Waals surface area contributed by atoms with Crippen molar-refractivity contribution in [1.82, 2.24) is 5.01 Å². The fourth-order valence-electron chi connectivity index (χ4n) is 1.46. The maximum Gasteiger partial charge on any atom is 0.345 e. The van der Waals surface area contributed by atoms with Crippen molar-refractivity contribution >= 4 is 23.1 Å². The molecular formula is C9H9N5O3. The van der Waals surface area contributed by atoms with Crippen LogP contribution in [0.15, 0.2) is 28.5 Å². The van der Waals surface area contributed by atoms with Crippen LogP contribution in [0.25, 0.3) is 0 Å². The van der Waals surface area contributed by atoms with Gasteiger partial charge in [-0.1, -0.05) is 5.22 Å². The van der Waals surface area contributed by atoms with Crippen molar-refractivity contribution in [2.75, 3.05) is 19.0 Å². The summed E-state index contributed by atoms with van der Waals surface area (Å²) in [5, 5.41) is 19.1. The van der Waals surface area contributed by atoms with Crippen LogP contribution >= 0.6 is 0 Å². The Morgan fingerprint density at radius 3 is 2.71 bits per heavy atom. The average Bonchev–Trinajstić information content (AvgIpc) is 2.42. The second-order valence-corrected chi connectivity index (χ2v) is 3.48. The van der Waals surface area contributed by atoms with E-state index in [4.69, 9.17) is 0 Å². The van der Waals surface area contributed by atoms with Crippen molar-refractivity contribution in [3.63, 3.8) is 0 Å². The van der Waals surface area contributed by atoms with Gasteiger partial charge in [0.05, 0.1) is 10.6 Å². The van der Waals surface area contributed by atoms with Gasteiger partial charge in [0.25, 0.3) is 5.69 Å². The maximum atomic E-state index is 11.7. The number of fused-ring (bicyclic) bond motifs is 1. The summed E-state index contributed by atoms with van der Waals surface area (Å²) in [6.45, 7) is 0. The molecule has 0 unspecified atom stereocenters. The fourth-order valence-corrected chi connectivity index (χ4v) is 1.46. The van der Waals surface area contributed by atoms with E-state index in [2.05, 4.69) is 10.3 Å². The first-order valence-electron chi connectivity index (χ1n) is 4.72. The number of nitrogens with zero attached hydrogens (tertiary/aromatic N) is 5. The van der Waals surface area contributed by atoms with E-state index >= 15 is 0 Å². The fraction of sp³-hybridized carbons (Fsp3) is 0.222. The van der Waals surface area contributed by atoms with Crippen LogP contribution in [0.4, 0.5) is 21.9 Å². The van der Waals surface area contributed by atoms with Crippen LogP contribution in [-0.2, 0) is 0 Å². The summed E-state index contributed by atoms with van der Waals surface area (Å²) in [4.78, 5) is 23.1. The Hall–Kier alpha value is -2.51. The van der Waals surface area contributed by atoms with Gasteiger partial charge in [-0.05, 0) is 6.07 Å². The Balaban J connectivity index is 2.55. The van der Waals surface area contributed by atoms with E-state index in [0.717, 1.165) is 5.01 Å². The normalized spacial score (nSPS) is 14.6. The summed E-state index contributed by atoms with van der Waals surface area (Å²) >= 11 is 0. The molecule has 0 saturated heterocycles. The molecule has 0 radical (unpaired) electrons. The SMILES string of the molecule is CN1N=Nc2cc([N+](=O)[O-])ccc2N(C)C1=O. The third kappa shape index (κ3) is 1.80. The van der Waals surface area contributed by atoms with Crippen LogP contribution in [0.5, 0.6) is 0 Å². The Kier molecular flexibility index (Phi) is 2.47. The molecular weight excluding hydrogens is 226 g/mol. The molecule has 0 spiro atoms. The first kappa shape index (κ1) is 11.0. The summed E-state index contributed by atoms with van der Waals surface area (Å²) in [7, 11) is 3.02. The van der Waals surface area contributed by atoms with Gasteiger partial charge in [-0.2, -0.15) is 5.01 Å². The summed E-state index contributed by atoms with van der Waals surface area (Å²) in [5.41, 5.74) is 0.682. The Morgan fingerprint density at radius 2 is 2.06 bits per heavy atom. The summed E-state index contributed by atoms with van der Waals surface area (Å²) < 4.78 is 0. The van der Waals surface area contributed by atoms with E-state index in [-0.39, 0.29) is 11.7 Å². The smallest absolute Gasteiger partial charge is 0.294 e. The molecule has 1 aromatic rings. The monoisotopic (exact) mass is 235 g/mol. The third-order valence-electron chi connectivity index (χ3n) is 2.38. The quantitative estimate of drug-likeness (QED) is 0.551. The highest BCUT2D eigenvalue weighted by Gasteiger charge is 2.23. The Labute approximate surface area is 96.3 Å². The number of carbonyl (C=O) groups is 1. The minimum atomic E-state index is -0.522. The lowest BCUT2D eigenvalue weighted by Gasteiger charge is -2.18. The van der Waals surface area contributed by atoms with Gasteiger partial charge in [0.2, 0.25) is 0 Å². The molecule has 1 aliphatic rings. The molecule has 0 saturated carbocycles. The predicted molar refractivity (Wildman–Crippen MR) is 59.2 cm³/mol. The van der Waals surface area contributed by atoms with Crippen LogP contribution in [0.3, 0.4) is 0 Å². The molecule has 0 aliphatic carbocycles. The van der Waals surface area contributed by atoms with Gasteiger partial charge >= 0.3 is 6.03 Å². The van der Waals surface area contributed by atoms with Gasteiger partial charge < -0.3 is 0 Å². The van der Waals surface area contributed by atoms with Crippen molar-refractivity contribution in [1.29, 1.82) is 0 Å². The minimum Gasteiger partial charge on any atom is -0.294 e. The maximum absolute atomic E-state index is 11.7. The van der Waals surface area contributed by atoms with Crippen LogP contribution in [0.2, 0.25) is 0 Å². The van der Waals surface area contributed by atoms with Gasteiger partial charge in [0.1, 0.15) is 5.69 Å². The average molecular weight is 235 g/mol. The molecule has 0 atom stereocenters. The molecule has 88 valence electrons. The molecule has 2 amide bonds. The van der Waals surface area contributed by atoms with Crippen LogP contribution in [-0.4, -0.2) is 30.1 Å². The van der Waals surface area contributed by atoms with Gasteiger partial charge in [-0.25, -0.2) is 4.79 Å². The zero-order valence-electron chi connectivity index (χ0n) is 9.19. The zero-order valence-corrected chi connectivity index (χ0v) is 9.19. The molecule has 1 aliphatic heterocycles. The Bertz CT molecular complexity index is 527. The molecule has 1 heterocycles. The number of amides is 2. The number of hydrogen-bond donors (Lipinski definition) is 0.